The number of hydrogen-bond acceptors (Lipinski definition) is 7. The molecule has 0 spiro atoms. The summed E-state index contributed by atoms with van der Waals surface area (Å²) in [7, 11) is 0. The lowest BCUT2D eigenvalue weighted by Crippen LogP contribution is -2.13. The predicted molar refractivity (Wildman–Crippen MR) is 141 cm³/mol. The number of fused-ring (bicyclic) bond motifs is 2. The third-order valence-corrected chi connectivity index (χ3v) is 5.97. The number of nitrogens with zero attached hydrogens (tertiary/aromatic N) is 6. The Balaban J connectivity index is 1.38. The number of hydrogen-bond donors (Lipinski definition) is 3. The number of nitrogens with one attached hydrogen (secondary N) is 3. The molecule has 0 aromatic carbocycles. The minimum atomic E-state index is -0.0417. The molecule has 182 valence electrons. The van der Waals surface area contributed by atoms with Gasteiger partial charge in [0.15, 0.2) is 5.82 Å². The molecule has 3 N–H and O–H groups in total. The van der Waals surface area contributed by atoms with E-state index in [1.54, 1.807) is 43.4 Å². The lowest BCUT2D eigenvalue weighted by Gasteiger charge is -2.08. The van der Waals surface area contributed by atoms with Crippen LogP contribution in [0.25, 0.3) is 55.8 Å². The lowest BCUT2D eigenvalue weighted by atomic mass is 10.1. The van der Waals surface area contributed by atoms with E-state index in [-0.39, 0.29) is 11.8 Å². The van der Waals surface area contributed by atoms with E-state index in [1.165, 1.54) is 0 Å². The first-order valence-corrected chi connectivity index (χ1v) is 11.9. The largest absolute Gasteiger partial charge is 0.335 e. The summed E-state index contributed by atoms with van der Waals surface area (Å²) in [4.78, 5) is 37.8. The Morgan fingerprint density at radius 3 is 2.62 bits per heavy atom. The SMILES string of the molecule is CC(C)CC(=O)Nc1cncc(-c2cc3c(-c4nc5c(-c6ccncc6)cncc5[nH]4)n[nH]c3cn2)c1. The summed E-state index contributed by atoms with van der Waals surface area (Å²) in [5.41, 5.74) is 7.07. The molecule has 0 saturated heterocycles. The molecule has 0 aliphatic carbocycles. The summed E-state index contributed by atoms with van der Waals surface area (Å²) in [5.74, 6) is 0.851. The molecule has 10 heteroatoms. The summed E-state index contributed by atoms with van der Waals surface area (Å²) >= 11 is 0. The van der Waals surface area contributed by atoms with E-state index in [0.717, 1.165) is 38.6 Å². The zero-order valence-electron chi connectivity index (χ0n) is 20.2. The van der Waals surface area contributed by atoms with Gasteiger partial charge in [-0.15, -0.1) is 0 Å². The minimum absolute atomic E-state index is 0.0417. The van der Waals surface area contributed by atoms with Crippen molar-refractivity contribution in [2.45, 2.75) is 20.3 Å². The molecule has 0 bridgehead atoms. The molecule has 37 heavy (non-hydrogen) atoms. The molecule has 6 aromatic heterocycles. The van der Waals surface area contributed by atoms with Gasteiger partial charge in [-0.05, 0) is 35.7 Å². The summed E-state index contributed by atoms with van der Waals surface area (Å²) in [6.45, 7) is 4.02. The first-order chi connectivity index (χ1) is 18.0. The Bertz CT molecular complexity index is 1740. The molecular formula is C27H23N9O. The monoisotopic (exact) mass is 489 g/mol. The molecule has 1 amide bonds. The van der Waals surface area contributed by atoms with E-state index < -0.39 is 0 Å². The van der Waals surface area contributed by atoms with E-state index in [2.05, 4.69) is 40.4 Å². The van der Waals surface area contributed by atoms with Crippen LogP contribution in [0.15, 0.2) is 67.6 Å². The lowest BCUT2D eigenvalue weighted by molar-refractivity contribution is -0.116. The summed E-state index contributed by atoms with van der Waals surface area (Å²) in [6, 6.07) is 7.67. The highest BCUT2D eigenvalue weighted by Gasteiger charge is 2.17. The van der Waals surface area contributed by atoms with E-state index >= 15 is 0 Å². The average Bonchev–Trinajstić information content (AvgIpc) is 3.52. The van der Waals surface area contributed by atoms with Crippen LogP contribution in [-0.2, 0) is 4.79 Å². The fourth-order valence-electron chi connectivity index (χ4n) is 4.27. The van der Waals surface area contributed by atoms with Gasteiger partial charge in [-0.2, -0.15) is 5.10 Å². The number of carbonyl (C=O) groups is 1. The second-order valence-corrected chi connectivity index (χ2v) is 9.20. The number of imidazole rings is 1. The number of aromatic nitrogens is 8. The Morgan fingerprint density at radius 1 is 0.946 bits per heavy atom. The highest BCUT2D eigenvalue weighted by molar-refractivity contribution is 5.97. The van der Waals surface area contributed by atoms with Gasteiger partial charge in [0, 0.05) is 47.7 Å². The Morgan fingerprint density at radius 2 is 1.78 bits per heavy atom. The van der Waals surface area contributed by atoms with Crippen molar-refractivity contribution in [3.63, 3.8) is 0 Å². The van der Waals surface area contributed by atoms with Crippen LogP contribution < -0.4 is 5.32 Å². The van der Waals surface area contributed by atoms with Gasteiger partial charge < -0.3 is 10.3 Å². The van der Waals surface area contributed by atoms with Crippen molar-refractivity contribution in [2.24, 2.45) is 5.92 Å². The van der Waals surface area contributed by atoms with Crippen molar-refractivity contribution in [3.8, 4) is 33.9 Å². The van der Waals surface area contributed by atoms with Crippen molar-refractivity contribution in [3.05, 3.63) is 67.6 Å². The number of amides is 1. The fraction of sp³-hybridized carbons (Fsp3) is 0.148. The van der Waals surface area contributed by atoms with Crippen LogP contribution in [0.4, 0.5) is 5.69 Å². The summed E-state index contributed by atoms with van der Waals surface area (Å²) in [5, 5.41) is 11.3. The van der Waals surface area contributed by atoms with Crippen molar-refractivity contribution < 1.29 is 4.79 Å². The maximum atomic E-state index is 12.2. The average molecular weight is 490 g/mol. The predicted octanol–water partition coefficient (Wildman–Crippen LogP) is 5.00. The minimum Gasteiger partial charge on any atom is -0.335 e. The van der Waals surface area contributed by atoms with Crippen LogP contribution in [0.5, 0.6) is 0 Å². The smallest absolute Gasteiger partial charge is 0.224 e. The molecular weight excluding hydrogens is 466 g/mol. The van der Waals surface area contributed by atoms with Gasteiger partial charge in [0.2, 0.25) is 5.91 Å². The number of pyridine rings is 4. The zero-order valence-corrected chi connectivity index (χ0v) is 20.2. The van der Waals surface area contributed by atoms with E-state index in [1.807, 2.05) is 38.1 Å². The summed E-state index contributed by atoms with van der Waals surface area (Å²) < 4.78 is 0. The Kier molecular flexibility index (Phi) is 5.61. The molecule has 10 nitrogen and oxygen atoms in total. The van der Waals surface area contributed by atoms with Gasteiger partial charge in [0.1, 0.15) is 5.69 Å². The number of aromatic amines is 2. The Hall–Kier alpha value is -4.99. The first-order valence-electron chi connectivity index (χ1n) is 11.9. The first kappa shape index (κ1) is 22.5. The fourth-order valence-corrected chi connectivity index (χ4v) is 4.27. The maximum Gasteiger partial charge on any atom is 0.224 e. The van der Waals surface area contributed by atoms with Gasteiger partial charge in [-0.1, -0.05) is 13.8 Å². The third-order valence-electron chi connectivity index (χ3n) is 5.97. The number of H-pyrrole nitrogens is 2. The van der Waals surface area contributed by atoms with Gasteiger partial charge in [-0.25, -0.2) is 4.98 Å². The second kappa shape index (κ2) is 9.23. The zero-order chi connectivity index (χ0) is 25.4. The van der Waals surface area contributed by atoms with Gasteiger partial charge >= 0.3 is 0 Å². The highest BCUT2D eigenvalue weighted by atomic mass is 16.1. The summed E-state index contributed by atoms with van der Waals surface area (Å²) in [6.07, 6.45) is 12.6. The van der Waals surface area contributed by atoms with E-state index in [9.17, 15) is 4.79 Å². The van der Waals surface area contributed by atoms with Crippen molar-refractivity contribution in [1.82, 2.24) is 40.1 Å². The van der Waals surface area contributed by atoms with Gasteiger partial charge in [0.25, 0.3) is 0 Å². The van der Waals surface area contributed by atoms with Gasteiger partial charge in [-0.3, -0.25) is 29.8 Å². The highest BCUT2D eigenvalue weighted by Crippen LogP contribution is 2.32. The number of carbonyl (C=O) groups excluding carboxylic acids is 1. The normalized spacial score (nSPS) is 11.4. The molecule has 6 aromatic rings. The molecule has 0 fully saturated rings. The molecule has 0 aliphatic heterocycles. The van der Waals surface area contributed by atoms with Crippen LogP contribution in [0.1, 0.15) is 20.3 Å². The maximum absolute atomic E-state index is 12.2. The topological polar surface area (TPSA) is 138 Å². The third kappa shape index (κ3) is 4.40. The van der Waals surface area contributed by atoms with Gasteiger partial charge in [0.05, 0.1) is 46.5 Å². The van der Waals surface area contributed by atoms with Crippen LogP contribution >= 0.6 is 0 Å². The van der Waals surface area contributed by atoms with Crippen LogP contribution in [0.3, 0.4) is 0 Å². The van der Waals surface area contributed by atoms with Crippen molar-refractivity contribution in [2.75, 3.05) is 5.32 Å². The van der Waals surface area contributed by atoms with Crippen LogP contribution in [0, 0.1) is 5.92 Å². The number of rotatable bonds is 6. The van der Waals surface area contributed by atoms with Crippen molar-refractivity contribution >= 4 is 33.5 Å². The van der Waals surface area contributed by atoms with E-state index in [4.69, 9.17) is 4.98 Å². The molecule has 6 rings (SSSR count). The van der Waals surface area contributed by atoms with Crippen LogP contribution in [0.2, 0.25) is 0 Å². The quantitative estimate of drug-likeness (QED) is 0.299. The molecule has 0 saturated carbocycles. The van der Waals surface area contributed by atoms with Crippen LogP contribution in [-0.4, -0.2) is 46.0 Å². The second-order valence-electron chi connectivity index (χ2n) is 9.20. The molecule has 0 atom stereocenters. The van der Waals surface area contributed by atoms with E-state index in [0.29, 0.717) is 29.3 Å². The standard InChI is InChI=1S/C27H23N9O/c1-15(2)7-24(37)32-18-8-17(10-29-11-18)21-9-19-22(14-31-21)35-36-26(19)27-33-23-13-30-12-20(25(23)34-27)16-3-5-28-6-4-16/h3-6,8-15H,7H2,1-2H3,(H,32,37)(H,33,34)(H,35,36). The van der Waals surface area contributed by atoms with Crippen molar-refractivity contribution in [1.29, 1.82) is 0 Å². The molecule has 0 aliphatic rings. The molecule has 0 unspecified atom stereocenters. The molecule has 6 heterocycles. The Labute approximate surface area is 211 Å². The number of anilines is 1. The molecule has 0 radical (unpaired) electrons.